The molecule has 0 aliphatic rings. The van der Waals surface area contributed by atoms with Crippen molar-refractivity contribution in [2.45, 2.75) is 13.8 Å². The number of hydrogen-bond donors (Lipinski definition) is 1. The summed E-state index contributed by atoms with van der Waals surface area (Å²) in [6.07, 6.45) is 0. The van der Waals surface area contributed by atoms with Crippen LogP contribution in [-0.4, -0.2) is 43.1 Å². The maximum Gasteiger partial charge on any atom is 0.260 e. The molecular formula is C21H23N4OS2+. The summed E-state index contributed by atoms with van der Waals surface area (Å²) in [6.45, 7) is 5.68. The molecule has 0 atom stereocenters. The third-order valence-corrected chi connectivity index (χ3v) is 6.72. The summed E-state index contributed by atoms with van der Waals surface area (Å²) < 4.78 is 2.14. The molecule has 2 heterocycles. The summed E-state index contributed by atoms with van der Waals surface area (Å²) in [5.74, 6) is -0.0101. The van der Waals surface area contributed by atoms with Gasteiger partial charge in [0, 0.05) is 5.56 Å². The Bertz CT molecular complexity index is 1120. The molecule has 0 aliphatic carbocycles. The minimum Gasteiger partial charge on any atom is -0.338 e. The number of nitrogens with one attached hydrogen (secondary N) is 1. The molecule has 4 aromatic rings. The second-order valence-electron chi connectivity index (χ2n) is 7.35. The van der Waals surface area contributed by atoms with Gasteiger partial charge in [0.15, 0.2) is 5.13 Å². The Morgan fingerprint density at radius 3 is 2.64 bits per heavy atom. The van der Waals surface area contributed by atoms with Gasteiger partial charge >= 0.3 is 0 Å². The molecule has 1 amide bonds. The Morgan fingerprint density at radius 2 is 1.86 bits per heavy atom. The predicted molar refractivity (Wildman–Crippen MR) is 118 cm³/mol. The minimum absolute atomic E-state index is 0.0101. The monoisotopic (exact) mass is 411 g/mol. The first-order valence-electron chi connectivity index (χ1n) is 9.24. The lowest BCUT2D eigenvalue weighted by Gasteiger charge is -2.20. The van der Waals surface area contributed by atoms with E-state index in [4.69, 9.17) is 4.98 Å². The normalized spacial score (nSPS) is 11.6. The molecule has 0 aliphatic heterocycles. The number of rotatable bonds is 5. The fourth-order valence-electron chi connectivity index (χ4n) is 3.05. The van der Waals surface area contributed by atoms with Gasteiger partial charge in [-0.3, -0.25) is 9.69 Å². The summed E-state index contributed by atoms with van der Waals surface area (Å²) in [4.78, 5) is 25.6. The van der Waals surface area contributed by atoms with Gasteiger partial charge < -0.3 is 4.90 Å². The van der Waals surface area contributed by atoms with Crippen LogP contribution in [0.15, 0.2) is 35.8 Å². The van der Waals surface area contributed by atoms with Gasteiger partial charge in [-0.2, -0.15) is 0 Å². The van der Waals surface area contributed by atoms with Gasteiger partial charge in [-0.25, -0.2) is 9.97 Å². The van der Waals surface area contributed by atoms with E-state index in [0.717, 1.165) is 32.1 Å². The highest BCUT2D eigenvalue weighted by Gasteiger charge is 2.23. The van der Waals surface area contributed by atoms with Crippen LogP contribution >= 0.6 is 22.7 Å². The molecule has 0 unspecified atom stereocenters. The molecule has 0 fully saturated rings. The van der Waals surface area contributed by atoms with Gasteiger partial charge in [-0.05, 0) is 55.3 Å². The standard InChI is InChI=1S/C21H22N4OS2/c1-13-9-17-19(10-14(13)2)28-21(23-17)25(8-7-24(3)4)20(26)15-5-6-16-18(11-15)27-12-22-16/h5-6,9-12H,7-8H2,1-4H3/p+1. The summed E-state index contributed by atoms with van der Waals surface area (Å²) >= 11 is 3.14. The third kappa shape index (κ3) is 3.65. The first-order chi connectivity index (χ1) is 13.4. The molecule has 7 heteroatoms. The maximum atomic E-state index is 13.4. The highest BCUT2D eigenvalue weighted by atomic mass is 32.1. The number of likely N-dealkylation sites (N-methyl/N-ethyl adjacent to an activating group) is 1. The van der Waals surface area contributed by atoms with Crippen LogP contribution in [0, 0.1) is 13.8 Å². The van der Waals surface area contributed by atoms with E-state index in [1.807, 2.05) is 28.6 Å². The summed E-state index contributed by atoms with van der Waals surface area (Å²) in [6, 6.07) is 9.98. The number of aromatic nitrogens is 2. The van der Waals surface area contributed by atoms with Crippen LogP contribution < -0.4 is 9.80 Å². The SMILES string of the molecule is Cc1cc2nc(N(CC[NH+](C)C)C(=O)c3ccc4ncsc4c3)sc2cc1C. The average Bonchev–Trinajstić information content (AvgIpc) is 3.27. The Balaban J connectivity index is 1.74. The van der Waals surface area contributed by atoms with E-state index in [1.54, 1.807) is 22.7 Å². The van der Waals surface area contributed by atoms with Crippen molar-refractivity contribution in [1.29, 1.82) is 0 Å². The van der Waals surface area contributed by atoms with Gasteiger partial charge in [0.2, 0.25) is 0 Å². The predicted octanol–water partition coefficient (Wildman–Crippen LogP) is 3.31. The Labute approximate surface area is 172 Å². The van der Waals surface area contributed by atoms with E-state index >= 15 is 0 Å². The first kappa shape index (κ1) is 19.0. The lowest BCUT2D eigenvalue weighted by Crippen LogP contribution is -3.06. The van der Waals surface area contributed by atoms with Crippen LogP contribution in [-0.2, 0) is 0 Å². The molecular weight excluding hydrogens is 388 g/mol. The highest BCUT2D eigenvalue weighted by Crippen LogP contribution is 2.32. The zero-order chi connectivity index (χ0) is 19.8. The average molecular weight is 412 g/mol. The van der Waals surface area contributed by atoms with Gasteiger partial charge in [0.25, 0.3) is 5.91 Å². The minimum atomic E-state index is -0.0101. The number of thiazole rings is 2. The second-order valence-corrected chi connectivity index (χ2v) is 9.24. The van der Waals surface area contributed by atoms with Crippen molar-refractivity contribution < 1.29 is 9.69 Å². The van der Waals surface area contributed by atoms with Crippen LogP contribution in [0.25, 0.3) is 20.4 Å². The van der Waals surface area contributed by atoms with Gasteiger partial charge in [-0.15, -0.1) is 11.3 Å². The second kappa shape index (κ2) is 7.58. The number of anilines is 1. The van der Waals surface area contributed by atoms with Crippen LogP contribution in [0.5, 0.6) is 0 Å². The number of carbonyl (C=O) groups excluding carboxylic acids is 1. The topological polar surface area (TPSA) is 50.5 Å². The number of nitrogens with zero attached hydrogens (tertiary/aromatic N) is 3. The molecule has 5 nitrogen and oxygen atoms in total. The molecule has 0 bridgehead atoms. The molecule has 0 radical (unpaired) electrons. The van der Waals surface area contributed by atoms with E-state index in [-0.39, 0.29) is 5.91 Å². The van der Waals surface area contributed by atoms with Crippen molar-refractivity contribution in [2.75, 3.05) is 32.1 Å². The van der Waals surface area contributed by atoms with E-state index in [9.17, 15) is 4.79 Å². The number of hydrogen-bond acceptors (Lipinski definition) is 5. The molecule has 0 saturated heterocycles. The third-order valence-electron chi connectivity index (χ3n) is 4.88. The van der Waals surface area contributed by atoms with Crippen molar-refractivity contribution >= 4 is 54.1 Å². The van der Waals surface area contributed by atoms with Crippen LogP contribution in [0.4, 0.5) is 5.13 Å². The van der Waals surface area contributed by atoms with Crippen molar-refractivity contribution in [3.05, 3.63) is 52.5 Å². The quantitative estimate of drug-likeness (QED) is 0.548. The highest BCUT2D eigenvalue weighted by molar-refractivity contribution is 7.22. The molecule has 1 N–H and O–H groups in total. The zero-order valence-corrected chi connectivity index (χ0v) is 18.1. The lowest BCUT2D eigenvalue weighted by atomic mass is 10.1. The van der Waals surface area contributed by atoms with Crippen molar-refractivity contribution in [1.82, 2.24) is 9.97 Å². The molecule has 28 heavy (non-hydrogen) atoms. The van der Waals surface area contributed by atoms with Crippen molar-refractivity contribution in [3.8, 4) is 0 Å². The number of carbonyl (C=O) groups is 1. The van der Waals surface area contributed by atoms with Gasteiger partial charge in [0.05, 0.1) is 53.1 Å². The molecule has 4 rings (SSSR count). The number of aryl methyl sites for hydroxylation is 2. The van der Waals surface area contributed by atoms with Crippen LogP contribution in [0.2, 0.25) is 0 Å². The number of quaternary nitrogens is 1. The van der Waals surface area contributed by atoms with E-state index in [2.05, 4.69) is 45.1 Å². The summed E-state index contributed by atoms with van der Waals surface area (Å²) in [7, 11) is 4.19. The van der Waals surface area contributed by atoms with E-state index in [0.29, 0.717) is 12.1 Å². The molecule has 2 aromatic carbocycles. The van der Waals surface area contributed by atoms with Crippen molar-refractivity contribution in [3.63, 3.8) is 0 Å². The number of fused-ring (bicyclic) bond motifs is 2. The van der Waals surface area contributed by atoms with Crippen LogP contribution in [0.3, 0.4) is 0 Å². The van der Waals surface area contributed by atoms with Gasteiger partial charge in [0.1, 0.15) is 0 Å². The summed E-state index contributed by atoms with van der Waals surface area (Å²) in [5, 5.41) is 0.760. The fourth-order valence-corrected chi connectivity index (χ4v) is 4.83. The number of amides is 1. The fraction of sp³-hybridized carbons (Fsp3) is 0.286. The van der Waals surface area contributed by atoms with E-state index < -0.39 is 0 Å². The molecule has 0 saturated carbocycles. The van der Waals surface area contributed by atoms with Crippen molar-refractivity contribution in [2.24, 2.45) is 0 Å². The van der Waals surface area contributed by atoms with Crippen LogP contribution in [0.1, 0.15) is 21.5 Å². The Kier molecular flexibility index (Phi) is 5.14. The van der Waals surface area contributed by atoms with Gasteiger partial charge in [-0.1, -0.05) is 11.3 Å². The van der Waals surface area contributed by atoms with E-state index in [1.165, 1.54) is 16.0 Å². The zero-order valence-electron chi connectivity index (χ0n) is 16.4. The lowest BCUT2D eigenvalue weighted by molar-refractivity contribution is -0.856. The first-order valence-corrected chi connectivity index (χ1v) is 10.9. The Hall–Kier alpha value is -2.35. The largest absolute Gasteiger partial charge is 0.338 e. The maximum absolute atomic E-state index is 13.4. The molecule has 0 spiro atoms. The number of benzene rings is 2. The molecule has 2 aromatic heterocycles. The summed E-state index contributed by atoms with van der Waals surface area (Å²) in [5.41, 5.74) is 6.83. The molecule has 144 valence electrons. The Morgan fingerprint density at radius 1 is 1.07 bits per heavy atom. The smallest absolute Gasteiger partial charge is 0.260 e.